The SMILES string of the molecule is Cc1oc2cc(O)c(O)cc2c(=O)c1C(=O)NC(C(=O)N[C@@H]1C(=O)N2C(C(=O)O)=C(CSc3nnnn3CC(=O)O)CS[C@H]12)c1ccc(OCC(=O)O)cc1. The number of carboxylic acids is 3. The van der Waals surface area contributed by atoms with Crippen molar-refractivity contribution < 1.29 is 63.5 Å². The number of ether oxygens (including phenoxy) is 1. The summed E-state index contributed by atoms with van der Waals surface area (Å²) in [7, 11) is 0. The Kier molecular flexibility index (Phi) is 10.7. The van der Waals surface area contributed by atoms with Crippen molar-refractivity contribution in [3.63, 3.8) is 0 Å². The minimum absolute atomic E-state index is 0.00854. The second kappa shape index (κ2) is 15.4. The highest BCUT2D eigenvalue weighted by molar-refractivity contribution is 8.01. The fourth-order valence-corrected chi connectivity index (χ4v) is 8.07. The molecule has 3 amide bonds. The second-order valence-electron chi connectivity index (χ2n) is 11.8. The summed E-state index contributed by atoms with van der Waals surface area (Å²) < 4.78 is 11.7. The number of hydrogen-bond acceptors (Lipinski definition) is 16. The number of aliphatic carboxylic acids is 3. The van der Waals surface area contributed by atoms with Crippen LogP contribution in [-0.4, -0.2) is 116 Å². The van der Waals surface area contributed by atoms with Gasteiger partial charge in [-0.2, -0.15) is 0 Å². The number of amides is 3. The van der Waals surface area contributed by atoms with Crippen LogP contribution in [-0.2, 0) is 30.5 Å². The first-order chi connectivity index (χ1) is 26.1. The lowest BCUT2D eigenvalue weighted by atomic mass is 10.0. The number of carboxylic acid groups (broad SMARTS) is 3. The number of carbonyl (C=O) groups is 6. The fourth-order valence-electron chi connectivity index (χ4n) is 5.71. The van der Waals surface area contributed by atoms with Crippen molar-refractivity contribution in [1.82, 2.24) is 35.7 Å². The molecule has 0 aliphatic carbocycles. The average molecular weight is 798 g/mol. The summed E-state index contributed by atoms with van der Waals surface area (Å²) >= 11 is 2.11. The maximum absolute atomic E-state index is 13.9. The number of fused-ring (bicyclic) bond motifs is 2. The first-order valence-corrected chi connectivity index (χ1v) is 17.7. The van der Waals surface area contributed by atoms with E-state index in [1.165, 1.54) is 31.2 Å². The number of rotatable bonds is 14. The zero-order valence-corrected chi connectivity index (χ0v) is 29.6. The lowest BCUT2D eigenvalue weighted by Gasteiger charge is -2.49. The summed E-state index contributed by atoms with van der Waals surface area (Å²) in [6, 6.07) is 4.37. The molecule has 23 heteroatoms. The normalized spacial score (nSPS) is 16.9. The Balaban J connectivity index is 1.25. The van der Waals surface area contributed by atoms with Gasteiger partial charge >= 0.3 is 17.9 Å². The topological polar surface area (TPSA) is 314 Å². The third kappa shape index (κ3) is 7.73. The quantitative estimate of drug-likeness (QED) is 0.0503. The predicted molar refractivity (Wildman–Crippen MR) is 186 cm³/mol. The van der Waals surface area contributed by atoms with Gasteiger partial charge in [0.05, 0.1) is 5.39 Å². The Bertz CT molecular complexity index is 2360. The number of hydrogen-bond donors (Lipinski definition) is 7. The Morgan fingerprint density at radius 1 is 1.05 bits per heavy atom. The molecule has 286 valence electrons. The first-order valence-electron chi connectivity index (χ1n) is 15.7. The van der Waals surface area contributed by atoms with Gasteiger partial charge < -0.3 is 45.3 Å². The number of nitrogens with zero attached hydrogens (tertiary/aromatic N) is 5. The van der Waals surface area contributed by atoms with Gasteiger partial charge in [-0.05, 0) is 46.7 Å². The molecule has 2 aliphatic rings. The lowest BCUT2D eigenvalue weighted by molar-refractivity contribution is -0.151. The van der Waals surface area contributed by atoms with E-state index in [0.29, 0.717) is 5.57 Å². The number of benzene rings is 2. The number of phenolic OH excluding ortho intramolecular Hbond substituents is 2. The van der Waals surface area contributed by atoms with Gasteiger partial charge in [0, 0.05) is 17.6 Å². The second-order valence-corrected chi connectivity index (χ2v) is 13.9. The summed E-state index contributed by atoms with van der Waals surface area (Å²) in [5.74, 6) is -7.90. The molecule has 0 bridgehead atoms. The molecule has 1 unspecified atom stereocenters. The molecule has 2 aromatic heterocycles. The van der Waals surface area contributed by atoms with E-state index in [2.05, 4.69) is 26.2 Å². The van der Waals surface area contributed by atoms with Crippen molar-refractivity contribution in [2.24, 2.45) is 0 Å². The maximum atomic E-state index is 13.9. The highest BCUT2D eigenvalue weighted by atomic mass is 32.2. The van der Waals surface area contributed by atoms with Gasteiger partial charge in [-0.15, -0.1) is 16.9 Å². The third-order valence-electron chi connectivity index (χ3n) is 8.21. The molecule has 0 saturated carbocycles. The highest BCUT2D eigenvalue weighted by Gasteiger charge is 2.54. The third-order valence-corrected chi connectivity index (χ3v) is 10.6. The minimum atomic E-state index is -1.60. The van der Waals surface area contributed by atoms with Gasteiger partial charge in [0.1, 0.15) is 52.4 Å². The van der Waals surface area contributed by atoms with Crippen molar-refractivity contribution in [2.75, 3.05) is 18.1 Å². The predicted octanol–water partition coefficient (Wildman–Crippen LogP) is 0.0491. The van der Waals surface area contributed by atoms with Gasteiger partial charge in [-0.3, -0.25) is 28.9 Å². The number of thioether (sulfide) groups is 2. The monoisotopic (exact) mass is 797 g/mol. The van der Waals surface area contributed by atoms with E-state index in [4.69, 9.17) is 19.4 Å². The van der Waals surface area contributed by atoms with Crippen LogP contribution in [0.4, 0.5) is 0 Å². The molecular weight excluding hydrogens is 771 g/mol. The summed E-state index contributed by atoms with van der Waals surface area (Å²) in [6.07, 6.45) is 0. The van der Waals surface area contributed by atoms with Gasteiger partial charge in [0.2, 0.25) is 16.5 Å². The van der Waals surface area contributed by atoms with E-state index < -0.39 is 88.7 Å². The van der Waals surface area contributed by atoms with Gasteiger partial charge in [0.15, 0.2) is 18.1 Å². The largest absolute Gasteiger partial charge is 0.504 e. The van der Waals surface area contributed by atoms with Crippen LogP contribution < -0.4 is 20.8 Å². The molecule has 4 aromatic rings. The molecule has 2 aliphatic heterocycles. The van der Waals surface area contributed by atoms with E-state index >= 15 is 0 Å². The van der Waals surface area contributed by atoms with Crippen LogP contribution in [0, 0.1) is 6.92 Å². The van der Waals surface area contributed by atoms with Crippen molar-refractivity contribution >= 4 is 70.1 Å². The Morgan fingerprint density at radius 3 is 2.44 bits per heavy atom. The number of carbonyl (C=O) groups excluding carboxylic acids is 3. The fraction of sp³-hybridized carbons (Fsp3) is 0.250. The number of tetrazole rings is 1. The van der Waals surface area contributed by atoms with Crippen LogP contribution in [0.2, 0.25) is 0 Å². The molecule has 7 N–H and O–H groups in total. The average Bonchev–Trinajstić information content (AvgIpc) is 3.57. The molecule has 1 saturated heterocycles. The zero-order valence-electron chi connectivity index (χ0n) is 28.0. The summed E-state index contributed by atoms with van der Waals surface area (Å²) in [6.45, 7) is 0.0994. The molecule has 2 aromatic carbocycles. The Morgan fingerprint density at radius 2 is 1.76 bits per heavy atom. The first kappa shape index (κ1) is 38.1. The van der Waals surface area contributed by atoms with Crippen LogP contribution in [0.25, 0.3) is 11.0 Å². The Hall–Kier alpha value is -6.62. The van der Waals surface area contributed by atoms with Gasteiger partial charge in [-0.1, -0.05) is 23.9 Å². The number of aromatic nitrogens is 4. The lowest BCUT2D eigenvalue weighted by Crippen LogP contribution is -2.71. The molecular formula is C32H27N7O14S2. The van der Waals surface area contributed by atoms with E-state index in [0.717, 1.165) is 45.2 Å². The molecule has 4 heterocycles. The molecule has 0 spiro atoms. The smallest absolute Gasteiger partial charge is 0.352 e. The maximum Gasteiger partial charge on any atom is 0.352 e. The van der Waals surface area contributed by atoms with Crippen LogP contribution >= 0.6 is 23.5 Å². The molecule has 6 rings (SSSR count). The van der Waals surface area contributed by atoms with Gasteiger partial charge in [0.25, 0.3) is 11.8 Å². The molecule has 55 heavy (non-hydrogen) atoms. The molecule has 0 radical (unpaired) electrons. The Labute approximate surface area is 314 Å². The van der Waals surface area contributed by atoms with Crippen LogP contribution in [0.15, 0.2) is 62.0 Å². The van der Waals surface area contributed by atoms with E-state index in [9.17, 15) is 48.9 Å². The highest BCUT2D eigenvalue weighted by Crippen LogP contribution is 2.42. The number of phenols is 2. The zero-order chi connectivity index (χ0) is 39.7. The van der Waals surface area contributed by atoms with Gasteiger partial charge in [-0.25, -0.2) is 14.3 Å². The summed E-state index contributed by atoms with van der Waals surface area (Å²) in [4.78, 5) is 90.0. The molecule has 1 fully saturated rings. The van der Waals surface area contributed by atoms with E-state index in [1.807, 2.05) is 0 Å². The van der Waals surface area contributed by atoms with E-state index in [-0.39, 0.29) is 50.4 Å². The summed E-state index contributed by atoms with van der Waals surface area (Å²) in [5, 5.41) is 62.7. The molecule has 21 nitrogen and oxygen atoms in total. The number of aryl methyl sites for hydroxylation is 1. The van der Waals surface area contributed by atoms with Crippen molar-refractivity contribution in [2.45, 2.75) is 36.1 Å². The van der Waals surface area contributed by atoms with Crippen LogP contribution in [0.1, 0.15) is 27.7 Å². The summed E-state index contributed by atoms with van der Waals surface area (Å²) in [5.41, 5.74) is -1.48. The number of nitrogens with one attached hydrogen (secondary N) is 2. The minimum Gasteiger partial charge on any atom is -0.504 e. The van der Waals surface area contributed by atoms with Crippen molar-refractivity contribution in [3.05, 3.63) is 74.8 Å². The van der Waals surface area contributed by atoms with Crippen molar-refractivity contribution in [3.8, 4) is 17.2 Å². The van der Waals surface area contributed by atoms with Crippen molar-refractivity contribution in [1.29, 1.82) is 0 Å². The van der Waals surface area contributed by atoms with Crippen LogP contribution in [0.5, 0.6) is 17.2 Å². The number of aromatic hydroxyl groups is 2. The number of β-lactam (4-membered cyclic amide) rings is 1. The standard InChI is InChI=1S/C32H27N7O14S2/c1-12-22(26(46)16-6-17(40)18(41)7-19(16)53-12)27(47)33-23(13-2-4-15(5-3-13)52-9-21(44)45)28(48)34-24-29(49)39-25(31(50)51)14(10-54-30(24)39)11-55-32-35-36-37-38(32)8-20(42)43/h2-7,23-24,30,40-41H,8-11H2,1H3,(H,33,47)(H,34,48)(H,42,43)(H,44,45)(H,50,51)/t23?,24-,30-/m1/s1. The van der Waals surface area contributed by atoms with E-state index in [1.54, 1.807) is 0 Å². The van der Waals surface area contributed by atoms with Crippen LogP contribution in [0.3, 0.4) is 0 Å². The molecule has 3 atom stereocenters.